The first-order chi connectivity index (χ1) is 8.63. The number of carbonyl (C=O) groups is 1. The van der Waals surface area contributed by atoms with Gasteiger partial charge in [-0.3, -0.25) is 9.69 Å². The average Bonchev–Trinajstić information content (AvgIpc) is 2.90. The zero-order valence-electron chi connectivity index (χ0n) is 10.9. The van der Waals surface area contributed by atoms with Gasteiger partial charge < -0.3 is 9.84 Å². The van der Waals surface area contributed by atoms with E-state index in [9.17, 15) is 4.79 Å². The number of rotatable bonds is 6. The molecule has 4 nitrogen and oxygen atoms in total. The highest BCUT2D eigenvalue weighted by Gasteiger charge is 2.42. The zero-order valence-corrected chi connectivity index (χ0v) is 10.9. The van der Waals surface area contributed by atoms with E-state index in [2.05, 4.69) is 6.58 Å². The fraction of sp³-hybridized carbons (Fsp3) is 0.786. The molecule has 102 valence electrons. The first-order valence-corrected chi connectivity index (χ1v) is 6.86. The largest absolute Gasteiger partial charge is 0.480 e. The summed E-state index contributed by atoms with van der Waals surface area (Å²) in [6, 6.07) is 0. The maximum absolute atomic E-state index is 10.8. The van der Waals surface area contributed by atoms with Crippen molar-refractivity contribution in [2.45, 2.75) is 50.2 Å². The lowest BCUT2D eigenvalue weighted by atomic mass is 9.98. The molecule has 0 bridgehead atoms. The van der Waals surface area contributed by atoms with Crippen LogP contribution < -0.4 is 0 Å². The number of carboxylic acid groups (broad SMARTS) is 1. The fourth-order valence-electron chi connectivity index (χ4n) is 3.28. The van der Waals surface area contributed by atoms with Crippen LogP contribution in [0.25, 0.3) is 0 Å². The van der Waals surface area contributed by atoms with Gasteiger partial charge in [0.25, 0.3) is 0 Å². The first kappa shape index (κ1) is 13.6. The number of nitrogens with zero attached hydrogens (tertiary/aromatic N) is 1. The Bertz CT molecular complexity index is 310. The van der Waals surface area contributed by atoms with Gasteiger partial charge in [0, 0.05) is 13.1 Å². The lowest BCUT2D eigenvalue weighted by molar-refractivity contribution is -0.138. The second-order valence-electron chi connectivity index (χ2n) is 5.55. The summed E-state index contributed by atoms with van der Waals surface area (Å²) in [6.07, 6.45) is 9.08. The van der Waals surface area contributed by atoms with Crippen LogP contribution in [0, 0.1) is 0 Å². The SMILES string of the molecule is C=CCN(CC(=O)O)CC1CCC2(CCCC2)O1. The van der Waals surface area contributed by atoms with E-state index in [1.165, 1.54) is 25.7 Å². The topological polar surface area (TPSA) is 49.8 Å². The molecule has 1 saturated heterocycles. The molecule has 2 aliphatic rings. The molecule has 0 aromatic carbocycles. The maximum atomic E-state index is 10.8. The second-order valence-corrected chi connectivity index (χ2v) is 5.55. The molecule has 2 fully saturated rings. The van der Waals surface area contributed by atoms with Gasteiger partial charge in [-0.2, -0.15) is 0 Å². The van der Waals surface area contributed by atoms with Crippen LogP contribution in [-0.4, -0.2) is 47.3 Å². The molecular weight excluding hydrogens is 230 g/mol. The monoisotopic (exact) mass is 253 g/mol. The molecule has 0 aromatic heterocycles. The highest BCUT2D eigenvalue weighted by Crippen LogP contribution is 2.43. The number of carboxylic acids is 1. The minimum Gasteiger partial charge on any atom is -0.480 e. The predicted octanol–water partition coefficient (Wildman–Crippen LogP) is 2.05. The summed E-state index contributed by atoms with van der Waals surface area (Å²) in [5.41, 5.74) is 0.133. The fourth-order valence-corrected chi connectivity index (χ4v) is 3.28. The van der Waals surface area contributed by atoms with Crippen LogP contribution in [0.5, 0.6) is 0 Å². The number of aliphatic carboxylic acids is 1. The van der Waals surface area contributed by atoms with Gasteiger partial charge in [0.2, 0.25) is 0 Å². The normalized spacial score (nSPS) is 25.9. The smallest absolute Gasteiger partial charge is 0.317 e. The van der Waals surface area contributed by atoms with Gasteiger partial charge in [0.05, 0.1) is 18.2 Å². The highest BCUT2D eigenvalue weighted by molar-refractivity contribution is 5.69. The molecule has 1 unspecified atom stereocenters. The molecular formula is C14H23NO3. The summed E-state index contributed by atoms with van der Waals surface area (Å²) in [7, 11) is 0. The van der Waals surface area contributed by atoms with E-state index in [4.69, 9.17) is 9.84 Å². The summed E-state index contributed by atoms with van der Waals surface area (Å²) in [6.45, 7) is 5.06. The summed E-state index contributed by atoms with van der Waals surface area (Å²) in [5.74, 6) is -0.787. The molecule has 2 rings (SSSR count). The Kier molecular flexibility index (Phi) is 4.40. The third-order valence-corrected chi connectivity index (χ3v) is 4.06. The van der Waals surface area contributed by atoms with Crippen LogP contribution in [0.1, 0.15) is 38.5 Å². The lowest BCUT2D eigenvalue weighted by Gasteiger charge is -2.26. The number of ether oxygens (including phenoxy) is 1. The summed E-state index contributed by atoms with van der Waals surface area (Å²) in [5, 5.41) is 8.87. The van der Waals surface area contributed by atoms with E-state index < -0.39 is 5.97 Å². The van der Waals surface area contributed by atoms with Crippen LogP contribution in [0.15, 0.2) is 12.7 Å². The van der Waals surface area contributed by atoms with Crippen molar-refractivity contribution in [1.82, 2.24) is 4.90 Å². The Hall–Kier alpha value is -0.870. The van der Waals surface area contributed by atoms with E-state index in [1.807, 2.05) is 4.90 Å². The summed E-state index contributed by atoms with van der Waals surface area (Å²) < 4.78 is 6.20. The van der Waals surface area contributed by atoms with E-state index >= 15 is 0 Å². The van der Waals surface area contributed by atoms with Gasteiger partial charge in [0.15, 0.2) is 0 Å². The highest BCUT2D eigenvalue weighted by atomic mass is 16.5. The van der Waals surface area contributed by atoms with E-state index in [0.717, 1.165) is 12.8 Å². The van der Waals surface area contributed by atoms with Crippen molar-refractivity contribution in [1.29, 1.82) is 0 Å². The van der Waals surface area contributed by atoms with Crippen LogP contribution in [0.4, 0.5) is 0 Å². The Morgan fingerprint density at radius 1 is 1.44 bits per heavy atom. The standard InChI is InChI=1S/C14H23NO3/c1-2-9-15(11-13(16)17)10-12-5-8-14(18-12)6-3-4-7-14/h2,12H,1,3-11H2,(H,16,17). The Morgan fingerprint density at radius 2 is 2.17 bits per heavy atom. The van der Waals surface area contributed by atoms with Gasteiger partial charge in [0.1, 0.15) is 0 Å². The second kappa shape index (κ2) is 5.85. The van der Waals surface area contributed by atoms with Crippen molar-refractivity contribution >= 4 is 5.97 Å². The van der Waals surface area contributed by atoms with Crippen LogP contribution in [0.2, 0.25) is 0 Å². The molecule has 1 aliphatic carbocycles. The van der Waals surface area contributed by atoms with Crippen LogP contribution in [-0.2, 0) is 9.53 Å². The van der Waals surface area contributed by atoms with Gasteiger partial charge in [-0.1, -0.05) is 18.9 Å². The van der Waals surface area contributed by atoms with Crippen molar-refractivity contribution < 1.29 is 14.6 Å². The minimum absolute atomic E-state index is 0.0683. The minimum atomic E-state index is -0.787. The molecule has 18 heavy (non-hydrogen) atoms. The van der Waals surface area contributed by atoms with Gasteiger partial charge in [-0.25, -0.2) is 0 Å². The van der Waals surface area contributed by atoms with Crippen molar-refractivity contribution in [3.05, 3.63) is 12.7 Å². The van der Waals surface area contributed by atoms with E-state index in [1.54, 1.807) is 6.08 Å². The molecule has 4 heteroatoms. The van der Waals surface area contributed by atoms with E-state index in [-0.39, 0.29) is 18.2 Å². The Balaban J connectivity index is 1.84. The quantitative estimate of drug-likeness (QED) is 0.736. The van der Waals surface area contributed by atoms with E-state index in [0.29, 0.717) is 13.1 Å². The molecule has 1 N–H and O–H groups in total. The molecule has 1 saturated carbocycles. The predicted molar refractivity (Wildman–Crippen MR) is 69.6 cm³/mol. The number of hydrogen-bond donors (Lipinski definition) is 1. The zero-order chi connectivity index (χ0) is 13.0. The Labute approximate surface area is 109 Å². The van der Waals surface area contributed by atoms with Crippen LogP contribution >= 0.6 is 0 Å². The van der Waals surface area contributed by atoms with Crippen molar-refractivity contribution in [2.75, 3.05) is 19.6 Å². The van der Waals surface area contributed by atoms with Gasteiger partial charge in [-0.05, 0) is 25.7 Å². The van der Waals surface area contributed by atoms with Crippen molar-refractivity contribution in [3.63, 3.8) is 0 Å². The molecule has 1 aliphatic heterocycles. The molecule has 1 spiro atoms. The average molecular weight is 253 g/mol. The first-order valence-electron chi connectivity index (χ1n) is 6.86. The van der Waals surface area contributed by atoms with Crippen LogP contribution in [0.3, 0.4) is 0 Å². The maximum Gasteiger partial charge on any atom is 0.317 e. The molecule has 1 heterocycles. The summed E-state index contributed by atoms with van der Waals surface area (Å²) in [4.78, 5) is 12.7. The molecule has 0 amide bonds. The Morgan fingerprint density at radius 3 is 2.78 bits per heavy atom. The van der Waals surface area contributed by atoms with Crippen molar-refractivity contribution in [2.24, 2.45) is 0 Å². The summed E-state index contributed by atoms with van der Waals surface area (Å²) >= 11 is 0. The molecule has 0 aromatic rings. The third kappa shape index (κ3) is 3.33. The van der Waals surface area contributed by atoms with Gasteiger partial charge in [-0.15, -0.1) is 6.58 Å². The lowest BCUT2D eigenvalue weighted by Crippen LogP contribution is -2.37. The molecule has 0 radical (unpaired) electrons. The van der Waals surface area contributed by atoms with Crippen molar-refractivity contribution in [3.8, 4) is 0 Å². The van der Waals surface area contributed by atoms with Gasteiger partial charge >= 0.3 is 5.97 Å². The number of hydrogen-bond acceptors (Lipinski definition) is 3. The molecule has 1 atom stereocenters. The third-order valence-electron chi connectivity index (χ3n) is 4.06.